The highest BCUT2D eigenvalue weighted by molar-refractivity contribution is 5.81. The number of esters is 1. The number of hydrogen-bond acceptors (Lipinski definition) is 2. The van der Waals surface area contributed by atoms with Crippen molar-refractivity contribution in [2.24, 2.45) is 0 Å². The maximum absolute atomic E-state index is 13.8. The molecule has 0 unspecified atom stereocenters. The number of hydrogen-bond donors (Lipinski definition) is 0. The molecule has 0 aliphatic heterocycles. The zero-order valence-electron chi connectivity index (χ0n) is 20.8. The van der Waals surface area contributed by atoms with Crippen LogP contribution in [-0.4, -0.2) is 60.2 Å². The van der Waals surface area contributed by atoms with E-state index in [2.05, 4.69) is 6.58 Å². The van der Waals surface area contributed by atoms with Crippen LogP contribution >= 0.6 is 0 Å². The molecule has 0 rings (SSSR count). The van der Waals surface area contributed by atoms with Gasteiger partial charge in [0.05, 0.1) is 6.61 Å². The number of halogens is 17. The lowest BCUT2D eigenvalue weighted by atomic mass is 9.87. The van der Waals surface area contributed by atoms with E-state index in [1.165, 1.54) is 0 Å². The van der Waals surface area contributed by atoms with Gasteiger partial charge in [-0.25, -0.2) is 4.79 Å². The van der Waals surface area contributed by atoms with Crippen molar-refractivity contribution in [2.45, 2.75) is 112 Å². The SMILES string of the molecule is C=CC(=O)OCCCCCCCCCCCC(F)(F)C(F)(F)C(F)(F)C(F)(F)C(F)(F)C(F)(F)C(F)(F)C(F)(F)F. The molecule has 0 bridgehead atoms. The number of unbranched alkanes of at least 4 members (excludes halogenated alkanes) is 8. The van der Waals surface area contributed by atoms with Gasteiger partial charge in [-0.3, -0.25) is 0 Å². The molecule has 2 nitrogen and oxygen atoms in total. The summed E-state index contributed by atoms with van der Waals surface area (Å²) in [6.07, 6.45) is -7.55. The van der Waals surface area contributed by atoms with E-state index in [1.54, 1.807) is 0 Å². The fourth-order valence-electron chi connectivity index (χ4n) is 3.27. The topological polar surface area (TPSA) is 26.3 Å². The summed E-state index contributed by atoms with van der Waals surface area (Å²) in [7, 11) is 0. The molecular weight excluding hydrogens is 619 g/mol. The Balaban J connectivity index is 5.18. The molecule has 0 spiro atoms. The molecule has 0 aromatic carbocycles. The molecule has 0 saturated heterocycles. The fraction of sp³-hybridized carbons (Fsp3) is 0.864. The Bertz CT molecular complexity index is 850. The van der Waals surface area contributed by atoms with Crippen LogP contribution in [0, 0.1) is 0 Å². The fourth-order valence-corrected chi connectivity index (χ4v) is 3.27. The summed E-state index contributed by atoms with van der Waals surface area (Å²) in [4.78, 5) is 10.8. The van der Waals surface area contributed by atoms with Crippen LogP contribution < -0.4 is 0 Å². The average molecular weight is 644 g/mol. The minimum absolute atomic E-state index is 0.0158. The first kappa shape index (κ1) is 39.0. The van der Waals surface area contributed by atoms with Crippen molar-refractivity contribution >= 4 is 5.97 Å². The highest BCUT2D eigenvalue weighted by atomic mass is 19.4. The lowest BCUT2D eigenvalue weighted by Gasteiger charge is -2.42. The van der Waals surface area contributed by atoms with Gasteiger partial charge in [-0.05, 0) is 12.8 Å². The Labute approximate surface area is 222 Å². The number of carbonyl (C=O) groups is 1. The van der Waals surface area contributed by atoms with E-state index in [0.717, 1.165) is 6.08 Å². The highest BCUT2D eigenvalue weighted by Gasteiger charge is 2.95. The van der Waals surface area contributed by atoms with Gasteiger partial charge in [-0.15, -0.1) is 0 Å². The Hall–Kier alpha value is -1.98. The molecule has 244 valence electrons. The van der Waals surface area contributed by atoms with Crippen molar-refractivity contribution in [1.29, 1.82) is 0 Å². The van der Waals surface area contributed by atoms with Gasteiger partial charge >= 0.3 is 53.6 Å². The molecule has 41 heavy (non-hydrogen) atoms. The molecule has 0 aliphatic carbocycles. The Morgan fingerprint density at radius 3 is 1.17 bits per heavy atom. The second-order valence-electron chi connectivity index (χ2n) is 8.95. The quantitative estimate of drug-likeness (QED) is 0.0606. The predicted octanol–water partition coefficient (Wildman–Crippen LogP) is 9.63. The van der Waals surface area contributed by atoms with Crippen molar-refractivity contribution in [3.8, 4) is 0 Å². The zero-order chi connectivity index (χ0) is 32.8. The smallest absolute Gasteiger partial charge is 0.460 e. The molecule has 0 fully saturated rings. The van der Waals surface area contributed by atoms with Crippen LogP contribution in [0.25, 0.3) is 0 Å². The van der Waals surface area contributed by atoms with Crippen LogP contribution in [0.5, 0.6) is 0 Å². The molecule has 0 atom stereocenters. The van der Waals surface area contributed by atoms with Gasteiger partial charge in [0.2, 0.25) is 0 Å². The summed E-state index contributed by atoms with van der Waals surface area (Å²) < 4.78 is 230. The average Bonchev–Trinajstić information content (AvgIpc) is 2.82. The van der Waals surface area contributed by atoms with E-state index in [4.69, 9.17) is 4.74 Å². The minimum atomic E-state index is -8.60. The maximum atomic E-state index is 13.8. The first-order valence-corrected chi connectivity index (χ1v) is 11.7. The van der Waals surface area contributed by atoms with E-state index in [9.17, 15) is 79.4 Å². The second kappa shape index (κ2) is 13.5. The molecule has 0 heterocycles. The molecule has 0 aliphatic rings. The van der Waals surface area contributed by atoms with E-state index in [-0.39, 0.29) is 19.4 Å². The highest BCUT2D eigenvalue weighted by Crippen LogP contribution is 2.64. The second-order valence-corrected chi connectivity index (χ2v) is 8.95. The van der Waals surface area contributed by atoms with Crippen molar-refractivity contribution in [3.05, 3.63) is 12.7 Å². The molecule has 0 aromatic heterocycles. The third-order valence-corrected chi connectivity index (χ3v) is 5.83. The third-order valence-electron chi connectivity index (χ3n) is 5.83. The Kier molecular flexibility index (Phi) is 12.9. The van der Waals surface area contributed by atoms with Crippen molar-refractivity contribution < 1.29 is 84.2 Å². The van der Waals surface area contributed by atoms with E-state index < -0.39 is 72.9 Å². The lowest BCUT2D eigenvalue weighted by molar-refractivity contribution is -0.461. The Morgan fingerprint density at radius 2 is 0.805 bits per heavy atom. The molecular formula is C22H25F17O2. The zero-order valence-corrected chi connectivity index (χ0v) is 20.8. The number of alkyl halides is 17. The maximum Gasteiger partial charge on any atom is 0.460 e. The van der Waals surface area contributed by atoms with Gasteiger partial charge < -0.3 is 4.74 Å². The van der Waals surface area contributed by atoms with Crippen molar-refractivity contribution in [2.75, 3.05) is 6.61 Å². The minimum Gasteiger partial charge on any atom is -0.463 e. The Morgan fingerprint density at radius 1 is 0.488 bits per heavy atom. The number of ether oxygens (including phenoxy) is 1. The largest absolute Gasteiger partial charge is 0.463 e. The first-order valence-electron chi connectivity index (χ1n) is 11.7. The van der Waals surface area contributed by atoms with Gasteiger partial charge in [0, 0.05) is 12.5 Å². The van der Waals surface area contributed by atoms with Crippen LogP contribution in [0.15, 0.2) is 12.7 Å². The lowest BCUT2D eigenvalue weighted by Crippen LogP contribution is -2.74. The van der Waals surface area contributed by atoms with Gasteiger partial charge in [0.15, 0.2) is 0 Å². The van der Waals surface area contributed by atoms with E-state index >= 15 is 0 Å². The normalized spacial score (nSPS) is 14.8. The number of rotatable bonds is 19. The molecule has 0 saturated carbocycles. The standard InChI is InChI=1S/C22H25F17O2/c1-2-14(40)41-13-11-9-7-5-3-4-6-8-10-12-15(23,24)16(25,26)17(27,28)18(29,30)19(31,32)20(33,34)21(35,36)22(37,38)39/h2H,1,3-13H2. The summed E-state index contributed by atoms with van der Waals surface area (Å²) in [6, 6.07) is 0. The molecule has 0 amide bonds. The van der Waals surface area contributed by atoms with Gasteiger partial charge in [0.1, 0.15) is 0 Å². The van der Waals surface area contributed by atoms with E-state index in [0.29, 0.717) is 32.1 Å². The van der Waals surface area contributed by atoms with Crippen LogP contribution in [-0.2, 0) is 9.53 Å². The summed E-state index contributed by atoms with van der Waals surface area (Å²) in [5, 5.41) is 0. The van der Waals surface area contributed by atoms with Crippen molar-refractivity contribution in [3.63, 3.8) is 0 Å². The third kappa shape index (κ3) is 7.90. The molecule has 0 N–H and O–H groups in total. The van der Waals surface area contributed by atoms with Gasteiger partial charge in [0.25, 0.3) is 0 Å². The number of carbonyl (C=O) groups excluding carboxylic acids is 1. The monoisotopic (exact) mass is 644 g/mol. The predicted molar refractivity (Wildman–Crippen MR) is 108 cm³/mol. The van der Waals surface area contributed by atoms with Gasteiger partial charge in [-0.2, -0.15) is 74.6 Å². The summed E-state index contributed by atoms with van der Waals surface area (Å²) in [6.45, 7) is 3.32. The molecule has 19 heteroatoms. The molecule has 0 radical (unpaired) electrons. The van der Waals surface area contributed by atoms with Gasteiger partial charge in [-0.1, -0.05) is 51.5 Å². The first-order chi connectivity index (χ1) is 18.2. The van der Waals surface area contributed by atoms with Crippen LogP contribution in [0.4, 0.5) is 74.6 Å². The van der Waals surface area contributed by atoms with Crippen LogP contribution in [0.2, 0.25) is 0 Å². The van der Waals surface area contributed by atoms with Crippen LogP contribution in [0.3, 0.4) is 0 Å². The molecule has 0 aromatic rings. The summed E-state index contributed by atoms with van der Waals surface area (Å²) in [5.74, 6) is -56.5. The van der Waals surface area contributed by atoms with Crippen molar-refractivity contribution in [1.82, 2.24) is 0 Å². The summed E-state index contributed by atoms with van der Waals surface area (Å²) >= 11 is 0. The summed E-state index contributed by atoms with van der Waals surface area (Å²) in [5.41, 5.74) is 0. The van der Waals surface area contributed by atoms with E-state index in [1.807, 2.05) is 0 Å². The van der Waals surface area contributed by atoms with Crippen LogP contribution in [0.1, 0.15) is 64.2 Å².